The molecule has 2 heterocycles. The van der Waals surface area contributed by atoms with Crippen molar-refractivity contribution in [2.45, 2.75) is 33.5 Å². The molecule has 2 rings (SSSR count). The molecule has 0 aromatic carbocycles. The Morgan fingerprint density at radius 3 is 2.95 bits per heavy atom. The third-order valence-corrected chi connectivity index (χ3v) is 2.92. The van der Waals surface area contributed by atoms with Gasteiger partial charge in [0.15, 0.2) is 5.82 Å². The van der Waals surface area contributed by atoms with E-state index >= 15 is 0 Å². The molecule has 0 amide bonds. The van der Waals surface area contributed by atoms with Crippen molar-refractivity contribution in [2.24, 2.45) is 0 Å². The van der Waals surface area contributed by atoms with Gasteiger partial charge in [-0.15, -0.1) is 5.10 Å². The van der Waals surface area contributed by atoms with Gasteiger partial charge in [0.2, 0.25) is 0 Å². The highest BCUT2D eigenvalue weighted by atomic mass is 16.6. The molecule has 0 radical (unpaired) electrons. The van der Waals surface area contributed by atoms with Crippen LogP contribution >= 0.6 is 0 Å². The minimum absolute atomic E-state index is 0.00418. The van der Waals surface area contributed by atoms with E-state index in [1.165, 1.54) is 6.20 Å². The summed E-state index contributed by atoms with van der Waals surface area (Å²) in [5, 5.41) is 22.1. The number of nitro groups is 1. The minimum Gasteiger partial charge on any atom is -0.358 e. The second-order valence-electron chi connectivity index (χ2n) is 4.33. The molecule has 0 aliphatic carbocycles. The van der Waals surface area contributed by atoms with Gasteiger partial charge in [-0.25, -0.2) is 14.2 Å². The average Bonchev–Trinajstić information content (AvgIpc) is 3.00. The third-order valence-electron chi connectivity index (χ3n) is 2.92. The topological polar surface area (TPSA) is 104 Å². The van der Waals surface area contributed by atoms with Gasteiger partial charge in [0.25, 0.3) is 0 Å². The first-order valence-corrected chi connectivity index (χ1v) is 6.38. The largest absolute Gasteiger partial charge is 0.358 e. The molecule has 0 unspecified atom stereocenters. The summed E-state index contributed by atoms with van der Waals surface area (Å²) in [4.78, 5) is 14.4. The highest BCUT2D eigenvalue weighted by Crippen LogP contribution is 2.13. The predicted molar refractivity (Wildman–Crippen MR) is 71.0 cm³/mol. The molecule has 0 saturated heterocycles. The summed E-state index contributed by atoms with van der Waals surface area (Å²) >= 11 is 0. The van der Waals surface area contributed by atoms with Crippen LogP contribution in [0.5, 0.6) is 0 Å². The zero-order valence-corrected chi connectivity index (χ0v) is 11.5. The van der Waals surface area contributed by atoms with Gasteiger partial charge in [0.05, 0.1) is 12.2 Å². The van der Waals surface area contributed by atoms with Crippen molar-refractivity contribution in [1.29, 1.82) is 0 Å². The fourth-order valence-electron chi connectivity index (χ4n) is 1.86. The molecule has 1 N–H and O–H groups in total. The van der Waals surface area contributed by atoms with Gasteiger partial charge in [-0.1, -0.05) is 12.1 Å². The molecule has 0 spiro atoms. The van der Waals surface area contributed by atoms with E-state index in [4.69, 9.17) is 0 Å². The highest BCUT2D eigenvalue weighted by molar-refractivity contribution is 5.18. The molecular weight excluding hydrogens is 262 g/mol. The van der Waals surface area contributed by atoms with Gasteiger partial charge < -0.3 is 15.4 Å². The van der Waals surface area contributed by atoms with Crippen LogP contribution in [-0.2, 0) is 19.6 Å². The molecule has 9 nitrogen and oxygen atoms in total. The second kappa shape index (κ2) is 6.24. The Morgan fingerprint density at radius 1 is 1.45 bits per heavy atom. The molecule has 0 atom stereocenters. The van der Waals surface area contributed by atoms with Crippen molar-refractivity contribution in [3.8, 4) is 0 Å². The average molecular weight is 279 g/mol. The van der Waals surface area contributed by atoms with Gasteiger partial charge in [0, 0.05) is 19.7 Å². The van der Waals surface area contributed by atoms with Gasteiger partial charge in [-0.3, -0.25) is 0 Å². The number of nitrogens with zero attached hydrogens (tertiary/aromatic N) is 6. The van der Waals surface area contributed by atoms with Crippen LogP contribution in [0.2, 0.25) is 0 Å². The molecule has 108 valence electrons. The third kappa shape index (κ3) is 3.18. The lowest BCUT2D eigenvalue weighted by Gasteiger charge is -2.02. The molecular formula is C11H17N7O2. The first-order chi connectivity index (χ1) is 9.61. The van der Waals surface area contributed by atoms with Gasteiger partial charge in [-0.05, 0) is 11.5 Å². The van der Waals surface area contributed by atoms with E-state index in [1.807, 2.05) is 13.1 Å². The normalized spacial score (nSPS) is 10.9. The Hall–Kier alpha value is -2.29. The highest BCUT2D eigenvalue weighted by Gasteiger charge is 2.17. The van der Waals surface area contributed by atoms with Crippen LogP contribution < -0.4 is 5.32 Å². The maximum atomic E-state index is 10.9. The summed E-state index contributed by atoms with van der Waals surface area (Å²) in [5.41, 5.74) is 0.851. The first kappa shape index (κ1) is 14.1. The van der Waals surface area contributed by atoms with E-state index in [0.717, 1.165) is 12.2 Å². The van der Waals surface area contributed by atoms with Crippen LogP contribution in [0.1, 0.15) is 18.4 Å². The molecule has 0 aliphatic heterocycles. The van der Waals surface area contributed by atoms with Gasteiger partial charge >= 0.3 is 5.82 Å². The van der Waals surface area contributed by atoms with E-state index in [2.05, 4.69) is 20.6 Å². The molecule has 20 heavy (non-hydrogen) atoms. The van der Waals surface area contributed by atoms with Crippen LogP contribution in [0, 0.1) is 17.0 Å². The first-order valence-electron chi connectivity index (χ1n) is 6.38. The fraction of sp³-hybridized carbons (Fsp3) is 0.545. The summed E-state index contributed by atoms with van der Waals surface area (Å²) in [6.07, 6.45) is 3.11. The van der Waals surface area contributed by atoms with E-state index in [1.54, 1.807) is 16.2 Å². The van der Waals surface area contributed by atoms with Gasteiger partial charge in [0.1, 0.15) is 12.7 Å². The molecule has 2 aromatic rings. The quantitative estimate of drug-likeness (QED) is 0.584. The molecule has 2 aromatic heterocycles. The lowest BCUT2D eigenvalue weighted by atomic mass is 10.4. The van der Waals surface area contributed by atoms with Crippen LogP contribution in [0.25, 0.3) is 0 Å². The van der Waals surface area contributed by atoms with Gasteiger partial charge in [-0.2, -0.15) is 0 Å². The van der Waals surface area contributed by atoms with Crippen molar-refractivity contribution in [3.05, 3.63) is 34.0 Å². The number of aromatic nitrogens is 5. The van der Waals surface area contributed by atoms with Crippen molar-refractivity contribution >= 4 is 5.82 Å². The summed E-state index contributed by atoms with van der Waals surface area (Å²) in [6.45, 7) is 6.24. The Balaban J connectivity index is 2.00. The summed E-state index contributed by atoms with van der Waals surface area (Å²) in [6, 6.07) is 0. The number of nitrogens with one attached hydrogen (secondary N) is 1. The van der Waals surface area contributed by atoms with E-state index in [0.29, 0.717) is 25.5 Å². The predicted octanol–water partition coefficient (Wildman–Crippen LogP) is 0.501. The van der Waals surface area contributed by atoms with Crippen molar-refractivity contribution in [1.82, 2.24) is 29.9 Å². The summed E-state index contributed by atoms with van der Waals surface area (Å²) < 4.78 is 3.24. The Morgan fingerprint density at radius 2 is 2.25 bits per heavy atom. The van der Waals surface area contributed by atoms with E-state index in [-0.39, 0.29) is 5.82 Å². The zero-order valence-electron chi connectivity index (χ0n) is 11.5. The molecule has 0 fully saturated rings. The molecule has 0 aliphatic rings. The Bertz CT molecular complexity index is 589. The number of aryl methyl sites for hydroxylation is 2. The number of hydrogen-bond donors (Lipinski definition) is 1. The fourth-order valence-corrected chi connectivity index (χ4v) is 1.86. The number of imidazole rings is 1. The summed E-state index contributed by atoms with van der Waals surface area (Å²) in [7, 11) is 0. The number of hydrogen-bond acceptors (Lipinski definition) is 6. The maximum absolute atomic E-state index is 10.9. The molecule has 0 saturated carbocycles. The number of rotatable bonds is 7. The van der Waals surface area contributed by atoms with E-state index in [9.17, 15) is 10.1 Å². The SMILES string of the molecule is CCNCc1cn(CCn2c([N+](=O)[O-])cnc2C)nn1. The van der Waals surface area contributed by atoms with Crippen LogP contribution in [0.4, 0.5) is 5.82 Å². The minimum atomic E-state index is -0.433. The lowest BCUT2D eigenvalue weighted by molar-refractivity contribution is -0.392. The van der Waals surface area contributed by atoms with Crippen LogP contribution in [0.15, 0.2) is 12.4 Å². The smallest absolute Gasteiger partial charge is 0.342 e. The molecule has 9 heteroatoms. The zero-order chi connectivity index (χ0) is 14.5. The monoisotopic (exact) mass is 279 g/mol. The van der Waals surface area contributed by atoms with E-state index < -0.39 is 4.92 Å². The Kier molecular flexibility index (Phi) is 4.41. The summed E-state index contributed by atoms with van der Waals surface area (Å²) in [5.74, 6) is 0.611. The van der Waals surface area contributed by atoms with Crippen molar-refractivity contribution in [2.75, 3.05) is 6.54 Å². The van der Waals surface area contributed by atoms with Crippen molar-refractivity contribution in [3.63, 3.8) is 0 Å². The second-order valence-corrected chi connectivity index (χ2v) is 4.33. The lowest BCUT2D eigenvalue weighted by Crippen LogP contribution is -2.12. The van der Waals surface area contributed by atoms with Crippen LogP contribution in [0.3, 0.4) is 0 Å². The standard InChI is InChI=1S/C11H17N7O2/c1-3-12-6-10-8-16(15-14-10)4-5-17-9(2)13-7-11(17)18(19)20/h7-8,12H,3-6H2,1-2H3. The van der Waals surface area contributed by atoms with Crippen LogP contribution in [-0.4, -0.2) is 36.0 Å². The molecule has 0 bridgehead atoms. The maximum Gasteiger partial charge on any atom is 0.342 e. The van der Waals surface area contributed by atoms with Crippen molar-refractivity contribution < 1.29 is 4.92 Å². The Labute approximate surface area is 115 Å².